The molecule has 1 fully saturated rings. The average molecular weight is 396 g/mol. The van der Waals surface area contributed by atoms with Gasteiger partial charge in [-0.05, 0) is 66.3 Å². The lowest BCUT2D eigenvalue weighted by Gasteiger charge is -2.13. The summed E-state index contributed by atoms with van der Waals surface area (Å²) in [4.78, 5) is 12.3. The maximum absolute atomic E-state index is 12.3. The predicted octanol–water partition coefficient (Wildman–Crippen LogP) is 6.10. The zero-order chi connectivity index (χ0) is 20.5. The first-order valence-corrected chi connectivity index (χ1v) is 10.3. The molecule has 30 heavy (non-hydrogen) atoms. The summed E-state index contributed by atoms with van der Waals surface area (Å²) in [5, 5.41) is 4.57. The van der Waals surface area contributed by atoms with E-state index in [4.69, 9.17) is 4.74 Å². The third-order valence-corrected chi connectivity index (χ3v) is 5.74. The van der Waals surface area contributed by atoms with Crippen LogP contribution in [0.2, 0.25) is 0 Å². The number of methoxy groups -OCH3 is 1. The van der Waals surface area contributed by atoms with Crippen molar-refractivity contribution >= 4 is 28.2 Å². The first kappa shape index (κ1) is 18.5. The Morgan fingerprint density at radius 2 is 1.87 bits per heavy atom. The molecular formula is C26H24N2O2. The second-order valence-corrected chi connectivity index (χ2v) is 7.90. The highest BCUT2D eigenvalue weighted by molar-refractivity contribution is 5.97. The van der Waals surface area contributed by atoms with Crippen LogP contribution in [0.3, 0.4) is 0 Å². The number of anilines is 2. The van der Waals surface area contributed by atoms with Crippen molar-refractivity contribution in [2.75, 3.05) is 12.4 Å². The summed E-state index contributed by atoms with van der Waals surface area (Å²) in [6.07, 6.45) is 4.51. The topological polar surface area (TPSA) is 43.3 Å². The molecule has 4 aromatic rings. The molecule has 150 valence electrons. The fraction of sp³-hybridized carbons (Fsp3) is 0.192. The van der Waals surface area contributed by atoms with Crippen molar-refractivity contribution < 1.29 is 9.53 Å². The van der Waals surface area contributed by atoms with Crippen LogP contribution in [0.15, 0.2) is 79.0 Å². The zero-order valence-electron chi connectivity index (χ0n) is 17.0. The Morgan fingerprint density at radius 3 is 2.63 bits per heavy atom. The van der Waals surface area contributed by atoms with E-state index in [1.807, 2.05) is 18.2 Å². The molecule has 1 heterocycles. The number of carbonyl (C=O) groups is 1. The number of fused-ring (bicyclic) bond motifs is 1. The van der Waals surface area contributed by atoms with Gasteiger partial charge in [0.25, 0.3) is 0 Å². The van der Waals surface area contributed by atoms with Crippen LogP contribution in [0.25, 0.3) is 10.9 Å². The van der Waals surface area contributed by atoms with Gasteiger partial charge in [-0.1, -0.05) is 36.4 Å². The van der Waals surface area contributed by atoms with Crippen LogP contribution in [0.5, 0.6) is 0 Å². The summed E-state index contributed by atoms with van der Waals surface area (Å²) in [6, 6.07) is 24.9. The van der Waals surface area contributed by atoms with E-state index in [1.54, 1.807) is 0 Å². The first-order valence-electron chi connectivity index (χ1n) is 10.3. The molecule has 0 aliphatic heterocycles. The van der Waals surface area contributed by atoms with Crippen LogP contribution >= 0.6 is 0 Å². The Bertz CT molecular complexity index is 1210. The van der Waals surface area contributed by atoms with E-state index in [2.05, 4.69) is 70.7 Å². The largest absolute Gasteiger partial charge is 0.465 e. The summed E-state index contributed by atoms with van der Waals surface area (Å²) in [7, 11) is 1.43. The molecule has 0 atom stereocenters. The number of ether oxygens (including phenoxy) is 1. The van der Waals surface area contributed by atoms with Gasteiger partial charge in [0.05, 0.1) is 18.4 Å². The fourth-order valence-corrected chi connectivity index (χ4v) is 3.97. The van der Waals surface area contributed by atoms with Crippen molar-refractivity contribution in [1.29, 1.82) is 0 Å². The molecular weight excluding hydrogens is 372 g/mol. The van der Waals surface area contributed by atoms with E-state index in [1.165, 1.54) is 36.6 Å². The van der Waals surface area contributed by atoms with Crippen molar-refractivity contribution in [2.45, 2.75) is 25.3 Å². The van der Waals surface area contributed by atoms with Crippen LogP contribution in [0.1, 0.15) is 40.2 Å². The Kier molecular flexibility index (Phi) is 4.75. The van der Waals surface area contributed by atoms with Crippen molar-refractivity contribution in [3.63, 3.8) is 0 Å². The molecule has 0 bridgehead atoms. The summed E-state index contributed by atoms with van der Waals surface area (Å²) >= 11 is 0. The van der Waals surface area contributed by atoms with Crippen molar-refractivity contribution in [2.24, 2.45) is 0 Å². The standard InChI is InChI=1S/C26H24N2O2/c1-30-26(29)23-16-20(19-7-8-19)9-11-24(23)27-22-10-12-25-21(15-22)13-14-28(25)17-18-5-3-2-4-6-18/h2-6,9-16,19,27H,7-8,17H2,1H3. The third kappa shape index (κ3) is 3.69. The van der Waals surface area contributed by atoms with Crippen molar-refractivity contribution in [3.8, 4) is 0 Å². The molecule has 0 amide bonds. The lowest BCUT2D eigenvalue weighted by molar-refractivity contribution is 0.0602. The van der Waals surface area contributed by atoms with Gasteiger partial charge in [-0.2, -0.15) is 0 Å². The molecule has 1 aromatic heterocycles. The Balaban J connectivity index is 1.42. The van der Waals surface area contributed by atoms with Crippen molar-refractivity contribution in [1.82, 2.24) is 4.57 Å². The molecule has 0 spiro atoms. The molecule has 1 N–H and O–H groups in total. The normalized spacial score (nSPS) is 13.4. The van der Waals surface area contributed by atoms with Crippen LogP contribution in [0, 0.1) is 0 Å². The fourth-order valence-electron chi connectivity index (χ4n) is 3.97. The van der Waals surface area contributed by atoms with Crippen LogP contribution in [-0.2, 0) is 11.3 Å². The number of hydrogen-bond acceptors (Lipinski definition) is 3. The number of esters is 1. The second kappa shape index (κ2) is 7.71. The SMILES string of the molecule is COC(=O)c1cc(C2CC2)ccc1Nc1ccc2c(ccn2Cc2ccccc2)c1. The van der Waals surface area contributed by atoms with Crippen LogP contribution in [-0.4, -0.2) is 17.6 Å². The van der Waals surface area contributed by atoms with Gasteiger partial charge < -0.3 is 14.6 Å². The number of rotatable bonds is 6. The van der Waals surface area contributed by atoms with Gasteiger partial charge in [0.1, 0.15) is 0 Å². The number of carbonyl (C=O) groups excluding carboxylic acids is 1. The van der Waals surface area contributed by atoms with E-state index < -0.39 is 0 Å². The highest BCUT2D eigenvalue weighted by Gasteiger charge is 2.25. The first-order chi connectivity index (χ1) is 14.7. The Labute approximate surface area is 176 Å². The Hall–Kier alpha value is -3.53. The molecule has 0 saturated heterocycles. The minimum absolute atomic E-state index is 0.310. The minimum atomic E-state index is -0.310. The van der Waals surface area contributed by atoms with Gasteiger partial charge in [0, 0.05) is 29.3 Å². The smallest absolute Gasteiger partial charge is 0.339 e. The monoisotopic (exact) mass is 396 g/mol. The molecule has 5 rings (SSSR count). The van der Waals surface area contributed by atoms with Gasteiger partial charge in [-0.15, -0.1) is 0 Å². The molecule has 1 saturated carbocycles. The van der Waals surface area contributed by atoms with Gasteiger partial charge in [-0.3, -0.25) is 0 Å². The lowest BCUT2D eigenvalue weighted by Crippen LogP contribution is -2.06. The summed E-state index contributed by atoms with van der Waals surface area (Å²) < 4.78 is 7.27. The van der Waals surface area contributed by atoms with E-state index in [9.17, 15) is 4.79 Å². The van der Waals surface area contributed by atoms with E-state index in [0.29, 0.717) is 11.5 Å². The number of hydrogen-bond donors (Lipinski definition) is 1. The highest BCUT2D eigenvalue weighted by atomic mass is 16.5. The zero-order valence-corrected chi connectivity index (χ0v) is 17.0. The molecule has 4 heteroatoms. The van der Waals surface area contributed by atoms with Gasteiger partial charge >= 0.3 is 5.97 Å². The second-order valence-electron chi connectivity index (χ2n) is 7.90. The summed E-state index contributed by atoms with van der Waals surface area (Å²) in [5.41, 5.74) is 5.98. The number of aromatic nitrogens is 1. The quantitative estimate of drug-likeness (QED) is 0.401. The maximum atomic E-state index is 12.3. The van der Waals surface area contributed by atoms with Crippen LogP contribution < -0.4 is 5.32 Å². The van der Waals surface area contributed by atoms with E-state index >= 15 is 0 Å². The van der Waals surface area contributed by atoms with E-state index in [-0.39, 0.29) is 5.97 Å². The number of nitrogens with zero attached hydrogens (tertiary/aromatic N) is 1. The minimum Gasteiger partial charge on any atom is -0.465 e. The van der Waals surface area contributed by atoms with Gasteiger partial charge in [0.15, 0.2) is 0 Å². The number of nitrogens with one attached hydrogen (secondary N) is 1. The van der Waals surface area contributed by atoms with Gasteiger partial charge in [-0.25, -0.2) is 4.79 Å². The molecule has 0 radical (unpaired) electrons. The van der Waals surface area contributed by atoms with Crippen molar-refractivity contribution in [3.05, 3.63) is 95.7 Å². The molecule has 3 aromatic carbocycles. The van der Waals surface area contributed by atoms with Crippen LogP contribution in [0.4, 0.5) is 11.4 Å². The maximum Gasteiger partial charge on any atom is 0.339 e. The lowest BCUT2D eigenvalue weighted by atomic mass is 10.0. The molecule has 1 aliphatic rings. The Morgan fingerprint density at radius 1 is 1.03 bits per heavy atom. The summed E-state index contributed by atoms with van der Waals surface area (Å²) in [5.74, 6) is 0.276. The average Bonchev–Trinajstić information content (AvgIpc) is 3.56. The number of benzene rings is 3. The molecule has 4 nitrogen and oxygen atoms in total. The van der Waals surface area contributed by atoms with Gasteiger partial charge in [0.2, 0.25) is 0 Å². The van der Waals surface area contributed by atoms with E-state index in [0.717, 1.165) is 23.3 Å². The molecule has 1 aliphatic carbocycles. The predicted molar refractivity (Wildman–Crippen MR) is 121 cm³/mol. The summed E-state index contributed by atoms with van der Waals surface area (Å²) in [6.45, 7) is 0.840. The highest BCUT2D eigenvalue weighted by Crippen LogP contribution is 2.41. The third-order valence-electron chi connectivity index (χ3n) is 5.74. The molecule has 0 unspecified atom stereocenters.